The number of imidazole rings is 1. The summed E-state index contributed by atoms with van der Waals surface area (Å²) in [6, 6.07) is -0.262. The van der Waals surface area contributed by atoms with Crippen molar-refractivity contribution in [2.45, 2.75) is 37.8 Å². The van der Waals surface area contributed by atoms with Gasteiger partial charge in [-0.1, -0.05) is 13.8 Å². The number of hydrogen-bond donors (Lipinski definition) is 2. The number of aromatic nitrogens is 5. The van der Waals surface area contributed by atoms with Crippen LogP contribution >= 0.6 is 11.8 Å². The number of carbonyl (C=O) groups excluding carboxylic acids is 1. The van der Waals surface area contributed by atoms with Gasteiger partial charge >= 0.3 is 0 Å². The molecule has 21 heavy (non-hydrogen) atoms. The Balaban J connectivity index is 1.81. The third kappa shape index (κ3) is 4.07. The third-order valence-corrected chi connectivity index (χ3v) is 3.96. The number of hydrogen-bond acceptors (Lipinski definition) is 5. The van der Waals surface area contributed by atoms with Crippen molar-refractivity contribution in [3.63, 3.8) is 0 Å². The molecule has 2 N–H and O–H groups in total. The van der Waals surface area contributed by atoms with Gasteiger partial charge in [-0.3, -0.25) is 4.79 Å². The average Bonchev–Trinajstić information content (AvgIpc) is 3.13. The van der Waals surface area contributed by atoms with Crippen molar-refractivity contribution in [2.75, 3.05) is 12.3 Å². The monoisotopic (exact) mass is 308 g/mol. The molecule has 1 amide bonds. The van der Waals surface area contributed by atoms with Crippen molar-refractivity contribution in [1.82, 2.24) is 30.3 Å². The molecule has 0 radical (unpaired) electrons. The fraction of sp³-hybridized carbons (Fsp3) is 0.538. The zero-order chi connectivity index (χ0) is 15.2. The SMILES string of the molecule is CC(C)c1nccn1C(C)C(=O)NCCSc1cn[nH]n1. The van der Waals surface area contributed by atoms with Crippen LogP contribution in [0.3, 0.4) is 0 Å². The molecule has 114 valence electrons. The van der Waals surface area contributed by atoms with E-state index in [0.29, 0.717) is 6.54 Å². The minimum Gasteiger partial charge on any atom is -0.353 e. The van der Waals surface area contributed by atoms with Gasteiger partial charge in [0.05, 0.1) is 6.20 Å². The van der Waals surface area contributed by atoms with E-state index < -0.39 is 0 Å². The van der Waals surface area contributed by atoms with E-state index in [0.717, 1.165) is 16.6 Å². The number of rotatable bonds is 7. The first kappa shape index (κ1) is 15.6. The topological polar surface area (TPSA) is 88.5 Å². The van der Waals surface area contributed by atoms with Crippen LogP contribution < -0.4 is 5.32 Å². The van der Waals surface area contributed by atoms with E-state index in [4.69, 9.17) is 0 Å². The second-order valence-corrected chi connectivity index (χ2v) is 6.09. The van der Waals surface area contributed by atoms with Crippen LogP contribution in [0.15, 0.2) is 23.6 Å². The highest BCUT2D eigenvalue weighted by Crippen LogP contribution is 2.17. The highest BCUT2D eigenvalue weighted by Gasteiger charge is 2.18. The summed E-state index contributed by atoms with van der Waals surface area (Å²) in [6.07, 6.45) is 5.25. The molecule has 2 aromatic rings. The molecule has 2 rings (SSSR count). The second kappa shape index (κ2) is 7.26. The van der Waals surface area contributed by atoms with Crippen molar-refractivity contribution in [3.8, 4) is 0 Å². The molecule has 2 aromatic heterocycles. The van der Waals surface area contributed by atoms with Crippen LogP contribution in [0.1, 0.15) is 38.6 Å². The van der Waals surface area contributed by atoms with Crippen LogP contribution in [0.5, 0.6) is 0 Å². The number of aromatic amines is 1. The van der Waals surface area contributed by atoms with Crippen molar-refractivity contribution in [3.05, 3.63) is 24.4 Å². The number of H-pyrrole nitrogens is 1. The highest BCUT2D eigenvalue weighted by molar-refractivity contribution is 7.99. The predicted octanol–water partition coefficient (Wildman–Crippen LogP) is 1.59. The summed E-state index contributed by atoms with van der Waals surface area (Å²) < 4.78 is 1.92. The summed E-state index contributed by atoms with van der Waals surface area (Å²) in [5, 5.41) is 14.0. The second-order valence-electron chi connectivity index (χ2n) is 4.97. The van der Waals surface area contributed by atoms with E-state index in [1.165, 1.54) is 0 Å². The molecule has 2 heterocycles. The minimum absolute atomic E-state index is 0.00403. The van der Waals surface area contributed by atoms with Crippen LogP contribution in [0.4, 0.5) is 0 Å². The number of thioether (sulfide) groups is 1. The Morgan fingerprint density at radius 1 is 1.48 bits per heavy atom. The van der Waals surface area contributed by atoms with Gasteiger partial charge in [0.15, 0.2) is 0 Å². The molecule has 0 saturated carbocycles. The molecule has 0 aliphatic rings. The Bertz CT molecular complexity index is 565. The highest BCUT2D eigenvalue weighted by atomic mass is 32.2. The van der Waals surface area contributed by atoms with Crippen molar-refractivity contribution < 1.29 is 4.79 Å². The first-order valence-corrected chi connectivity index (χ1v) is 7.87. The maximum atomic E-state index is 12.2. The van der Waals surface area contributed by atoms with Crippen LogP contribution in [-0.4, -0.2) is 43.2 Å². The Kier molecular flexibility index (Phi) is 5.38. The fourth-order valence-corrected chi connectivity index (χ4v) is 2.61. The van der Waals surface area contributed by atoms with Gasteiger partial charge in [-0.05, 0) is 6.92 Å². The van der Waals surface area contributed by atoms with Crippen LogP contribution in [-0.2, 0) is 4.79 Å². The lowest BCUT2D eigenvalue weighted by molar-refractivity contribution is -0.123. The van der Waals surface area contributed by atoms with E-state index in [1.807, 2.05) is 17.7 Å². The van der Waals surface area contributed by atoms with Crippen LogP contribution in [0.25, 0.3) is 0 Å². The summed E-state index contributed by atoms with van der Waals surface area (Å²) in [6.45, 7) is 6.61. The minimum atomic E-state index is -0.262. The van der Waals surface area contributed by atoms with Crippen molar-refractivity contribution >= 4 is 17.7 Å². The predicted molar refractivity (Wildman–Crippen MR) is 81.1 cm³/mol. The molecule has 8 heteroatoms. The van der Waals surface area contributed by atoms with E-state index in [1.54, 1.807) is 24.2 Å². The van der Waals surface area contributed by atoms with Gasteiger partial charge in [0, 0.05) is 30.6 Å². The number of amides is 1. The number of nitrogens with one attached hydrogen (secondary N) is 2. The average molecular weight is 308 g/mol. The molecule has 0 aliphatic heterocycles. The van der Waals surface area contributed by atoms with Gasteiger partial charge in [-0.2, -0.15) is 10.3 Å². The maximum Gasteiger partial charge on any atom is 0.242 e. The lowest BCUT2D eigenvalue weighted by Crippen LogP contribution is -2.33. The van der Waals surface area contributed by atoms with E-state index in [-0.39, 0.29) is 17.9 Å². The molecule has 0 spiro atoms. The molecule has 0 aliphatic carbocycles. The summed E-state index contributed by atoms with van der Waals surface area (Å²) in [7, 11) is 0. The first-order chi connectivity index (χ1) is 10.1. The standard InChI is InChI=1S/C13H20N6OS/c1-9(2)12-14-4-6-19(12)10(3)13(20)15-5-7-21-11-8-16-18-17-11/h4,6,8-10H,5,7H2,1-3H3,(H,15,20)(H,16,17,18). The molecule has 0 aromatic carbocycles. The quantitative estimate of drug-likeness (QED) is 0.599. The Morgan fingerprint density at radius 3 is 2.95 bits per heavy atom. The largest absolute Gasteiger partial charge is 0.353 e. The molecular formula is C13H20N6OS. The van der Waals surface area contributed by atoms with Crippen LogP contribution in [0, 0.1) is 0 Å². The summed E-state index contributed by atoms with van der Waals surface area (Å²) in [4.78, 5) is 16.5. The summed E-state index contributed by atoms with van der Waals surface area (Å²) in [5.74, 6) is 1.97. The zero-order valence-electron chi connectivity index (χ0n) is 12.4. The molecule has 0 saturated heterocycles. The summed E-state index contributed by atoms with van der Waals surface area (Å²) >= 11 is 1.55. The third-order valence-electron chi connectivity index (χ3n) is 3.06. The van der Waals surface area contributed by atoms with Gasteiger partial charge in [0.2, 0.25) is 5.91 Å². The number of carbonyl (C=O) groups is 1. The molecule has 1 unspecified atom stereocenters. The lowest BCUT2D eigenvalue weighted by Gasteiger charge is -2.17. The van der Waals surface area contributed by atoms with E-state index in [9.17, 15) is 4.79 Å². The Morgan fingerprint density at radius 2 is 2.29 bits per heavy atom. The maximum absolute atomic E-state index is 12.2. The normalized spacial score (nSPS) is 12.6. The number of nitrogens with zero attached hydrogens (tertiary/aromatic N) is 4. The molecule has 1 atom stereocenters. The van der Waals surface area contributed by atoms with Crippen LogP contribution in [0.2, 0.25) is 0 Å². The lowest BCUT2D eigenvalue weighted by atomic mass is 10.2. The fourth-order valence-electron chi connectivity index (χ4n) is 1.96. The molecule has 0 fully saturated rings. The van der Waals surface area contributed by atoms with Gasteiger partial charge in [0.25, 0.3) is 0 Å². The van der Waals surface area contributed by atoms with Crippen molar-refractivity contribution in [1.29, 1.82) is 0 Å². The van der Waals surface area contributed by atoms with Gasteiger partial charge in [0.1, 0.15) is 16.9 Å². The molecular weight excluding hydrogens is 288 g/mol. The van der Waals surface area contributed by atoms with Gasteiger partial charge in [-0.15, -0.1) is 16.9 Å². The van der Waals surface area contributed by atoms with E-state index >= 15 is 0 Å². The van der Waals surface area contributed by atoms with Gasteiger partial charge < -0.3 is 9.88 Å². The molecule has 7 nitrogen and oxygen atoms in total. The van der Waals surface area contributed by atoms with E-state index in [2.05, 4.69) is 39.6 Å². The smallest absolute Gasteiger partial charge is 0.242 e. The van der Waals surface area contributed by atoms with Gasteiger partial charge in [-0.25, -0.2) is 4.98 Å². The Labute approximate surface area is 127 Å². The Hall–Kier alpha value is -1.83. The molecule has 0 bridgehead atoms. The zero-order valence-corrected chi connectivity index (χ0v) is 13.2. The van der Waals surface area contributed by atoms with Crippen molar-refractivity contribution in [2.24, 2.45) is 0 Å². The first-order valence-electron chi connectivity index (χ1n) is 6.88. The summed E-state index contributed by atoms with van der Waals surface area (Å²) in [5.41, 5.74) is 0.